The number of nitrogens with two attached hydrogens (primary N) is 1. The highest BCUT2D eigenvalue weighted by Gasteiger charge is 2.40. The molecule has 0 aliphatic heterocycles. The topological polar surface area (TPSA) is 26.0 Å². The minimum Gasteiger partial charge on any atom is -0.330 e. The van der Waals surface area contributed by atoms with Crippen LogP contribution in [-0.2, 0) is 12.8 Å². The molecule has 0 radical (unpaired) electrons. The van der Waals surface area contributed by atoms with E-state index in [1.807, 2.05) is 0 Å². The van der Waals surface area contributed by atoms with Gasteiger partial charge in [-0.05, 0) is 48.8 Å². The van der Waals surface area contributed by atoms with Crippen LogP contribution in [0.1, 0.15) is 30.9 Å². The first-order valence-electron chi connectivity index (χ1n) is 5.56. The molecule has 0 saturated heterocycles. The van der Waals surface area contributed by atoms with Crippen molar-refractivity contribution in [3.8, 4) is 0 Å². The molecule has 2 N–H and O–H groups in total. The fourth-order valence-corrected chi connectivity index (χ4v) is 2.02. The first-order chi connectivity index (χ1) is 6.78. The SMILES string of the molecule is CCc1cccc(CC2(CN)CC2)c1. The van der Waals surface area contributed by atoms with Crippen LogP contribution in [0, 0.1) is 5.41 Å². The summed E-state index contributed by atoms with van der Waals surface area (Å²) in [6.45, 7) is 3.05. The number of rotatable bonds is 4. The van der Waals surface area contributed by atoms with E-state index in [1.165, 1.54) is 30.4 Å². The molecule has 76 valence electrons. The zero-order valence-corrected chi connectivity index (χ0v) is 8.92. The first kappa shape index (κ1) is 9.72. The molecule has 1 aliphatic carbocycles. The first-order valence-corrected chi connectivity index (χ1v) is 5.56. The lowest BCUT2D eigenvalue weighted by atomic mass is 9.95. The fraction of sp³-hybridized carbons (Fsp3) is 0.538. The van der Waals surface area contributed by atoms with Gasteiger partial charge in [0.15, 0.2) is 0 Å². The number of hydrogen-bond donors (Lipinski definition) is 1. The van der Waals surface area contributed by atoms with Crippen LogP contribution in [-0.4, -0.2) is 6.54 Å². The predicted octanol–water partition coefficient (Wildman–Crippen LogP) is 2.53. The van der Waals surface area contributed by atoms with Gasteiger partial charge in [-0.2, -0.15) is 0 Å². The van der Waals surface area contributed by atoms with Crippen molar-refractivity contribution in [1.82, 2.24) is 0 Å². The van der Waals surface area contributed by atoms with Crippen LogP contribution in [0.3, 0.4) is 0 Å². The summed E-state index contributed by atoms with van der Waals surface area (Å²) in [5.74, 6) is 0. The minimum absolute atomic E-state index is 0.465. The van der Waals surface area contributed by atoms with Crippen molar-refractivity contribution >= 4 is 0 Å². The lowest BCUT2D eigenvalue weighted by Gasteiger charge is -2.12. The molecular weight excluding hydrogens is 170 g/mol. The maximum absolute atomic E-state index is 5.79. The summed E-state index contributed by atoms with van der Waals surface area (Å²) >= 11 is 0. The standard InChI is InChI=1S/C13H19N/c1-2-11-4-3-5-12(8-11)9-13(10-14)6-7-13/h3-5,8H,2,6-7,9-10,14H2,1H3. The molecule has 0 unspecified atom stereocenters. The maximum atomic E-state index is 5.79. The zero-order valence-electron chi connectivity index (χ0n) is 8.92. The van der Waals surface area contributed by atoms with Crippen LogP contribution in [0.2, 0.25) is 0 Å². The minimum atomic E-state index is 0.465. The summed E-state index contributed by atoms with van der Waals surface area (Å²) in [5, 5.41) is 0. The third-order valence-corrected chi connectivity index (χ3v) is 3.37. The van der Waals surface area contributed by atoms with Crippen molar-refractivity contribution in [2.24, 2.45) is 11.1 Å². The van der Waals surface area contributed by atoms with Gasteiger partial charge in [-0.25, -0.2) is 0 Å². The van der Waals surface area contributed by atoms with Crippen molar-refractivity contribution in [3.63, 3.8) is 0 Å². The van der Waals surface area contributed by atoms with Crippen molar-refractivity contribution in [3.05, 3.63) is 35.4 Å². The Bertz CT molecular complexity index is 313. The number of hydrogen-bond acceptors (Lipinski definition) is 1. The normalized spacial score (nSPS) is 18.1. The van der Waals surface area contributed by atoms with Gasteiger partial charge in [0.25, 0.3) is 0 Å². The van der Waals surface area contributed by atoms with Gasteiger partial charge in [0.05, 0.1) is 0 Å². The van der Waals surface area contributed by atoms with E-state index in [1.54, 1.807) is 0 Å². The van der Waals surface area contributed by atoms with Gasteiger partial charge < -0.3 is 5.73 Å². The molecular formula is C13H19N. The second-order valence-electron chi connectivity index (χ2n) is 4.55. The van der Waals surface area contributed by atoms with E-state index < -0.39 is 0 Å². The molecule has 0 spiro atoms. The van der Waals surface area contributed by atoms with Crippen LogP contribution in [0.4, 0.5) is 0 Å². The molecule has 1 aliphatic rings. The average Bonchev–Trinajstić information content (AvgIpc) is 2.99. The lowest BCUT2D eigenvalue weighted by Crippen LogP contribution is -2.17. The lowest BCUT2D eigenvalue weighted by molar-refractivity contribution is 0.521. The summed E-state index contributed by atoms with van der Waals surface area (Å²) in [7, 11) is 0. The molecule has 0 bridgehead atoms. The molecule has 1 aromatic carbocycles. The molecule has 0 aromatic heterocycles. The van der Waals surface area contributed by atoms with E-state index in [2.05, 4.69) is 31.2 Å². The molecule has 1 fully saturated rings. The molecule has 1 saturated carbocycles. The van der Waals surface area contributed by atoms with Crippen molar-refractivity contribution in [2.75, 3.05) is 6.54 Å². The van der Waals surface area contributed by atoms with Gasteiger partial charge in [-0.3, -0.25) is 0 Å². The molecule has 14 heavy (non-hydrogen) atoms. The fourth-order valence-electron chi connectivity index (χ4n) is 2.02. The van der Waals surface area contributed by atoms with E-state index in [-0.39, 0.29) is 0 Å². The monoisotopic (exact) mass is 189 g/mol. The highest BCUT2D eigenvalue weighted by Crippen LogP contribution is 2.47. The largest absolute Gasteiger partial charge is 0.330 e. The van der Waals surface area contributed by atoms with Crippen LogP contribution in [0.5, 0.6) is 0 Å². The van der Waals surface area contributed by atoms with E-state index in [9.17, 15) is 0 Å². The van der Waals surface area contributed by atoms with Gasteiger partial charge in [0.2, 0.25) is 0 Å². The van der Waals surface area contributed by atoms with Crippen molar-refractivity contribution in [1.29, 1.82) is 0 Å². The van der Waals surface area contributed by atoms with Crippen molar-refractivity contribution in [2.45, 2.75) is 32.6 Å². The molecule has 1 heteroatoms. The average molecular weight is 189 g/mol. The Hall–Kier alpha value is -0.820. The smallest absolute Gasteiger partial charge is 0.00173 e. The van der Waals surface area contributed by atoms with Gasteiger partial charge in [0.1, 0.15) is 0 Å². The summed E-state index contributed by atoms with van der Waals surface area (Å²) in [4.78, 5) is 0. The third kappa shape index (κ3) is 1.98. The quantitative estimate of drug-likeness (QED) is 0.774. The Kier molecular flexibility index (Phi) is 2.60. The zero-order chi connectivity index (χ0) is 10.0. The number of aryl methyl sites for hydroxylation is 1. The van der Waals surface area contributed by atoms with E-state index in [0.717, 1.165) is 13.0 Å². The van der Waals surface area contributed by atoms with E-state index in [0.29, 0.717) is 5.41 Å². The van der Waals surface area contributed by atoms with Crippen LogP contribution in [0.25, 0.3) is 0 Å². The highest BCUT2D eigenvalue weighted by molar-refractivity contribution is 5.25. The molecule has 0 atom stereocenters. The Morgan fingerprint density at radius 2 is 2.00 bits per heavy atom. The summed E-state index contributed by atoms with van der Waals surface area (Å²) in [6, 6.07) is 8.93. The molecule has 1 aromatic rings. The Labute approximate surface area is 86.3 Å². The Morgan fingerprint density at radius 3 is 2.57 bits per heavy atom. The molecule has 2 rings (SSSR count). The molecule has 0 amide bonds. The second kappa shape index (κ2) is 3.74. The predicted molar refractivity (Wildman–Crippen MR) is 60.2 cm³/mol. The van der Waals surface area contributed by atoms with Crippen LogP contribution >= 0.6 is 0 Å². The summed E-state index contributed by atoms with van der Waals surface area (Å²) < 4.78 is 0. The summed E-state index contributed by atoms with van der Waals surface area (Å²) in [6.07, 6.45) is 4.94. The van der Waals surface area contributed by atoms with E-state index in [4.69, 9.17) is 5.73 Å². The second-order valence-corrected chi connectivity index (χ2v) is 4.55. The van der Waals surface area contributed by atoms with E-state index >= 15 is 0 Å². The van der Waals surface area contributed by atoms with Crippen LogP contribution < -0.4 is 5.73 Å². The van der Waals surface area contributed by atoms with Crippen molar-refractivity contribution < 1.29 is 0 Å². The Balaban J connectivity index is 2.09. The maximum Gasteiger partial charge on any atom is -0.00173 e. The highest BCUT2D eigenvalue weighted by atomic mass is 14.6. The summed E-state index contributed by atoms with van der Waals surface area (Å²) in [5.41, 5.74) is 9.16. The third-order valence-electron chi connectivity index (χ3n) is 3.37. The van der Waals surface area contributed by atoms with Gasteiger partial charge in [-0.1, -0.05) is 31.2 Å². The van der Waals surface area contributed by atoms with Gasteiger partial charge >= 0.3 is 0 Å². The van der Waals surface area contributed by atoms with Gasteiger partial charge in [0, 0.05) is 0 Å². The molecule has 1 nitrogen and oxygen atoms in total. The number of benzene rings is 1. The molecule has 0 heterocycles. The van der Waals surface area contributed by atoms with Gasteiger partial charge in [-0.15, -0.1) is 0 Å². The Morgan fingerprint density at radius 1 is 1.29 bits per heavy atom. The van der Waals surface area contributed by atoms with Crippen LogP contribution in [0.15, 0.2) is 24.3 Å².